The number of nitriles is 1. The quantitative estimate of drug-likeness (QED) is 0.823. The van der Waals surface area contributed by atoms with E-state index in [2.05, 4.69) is 17.9 Å². The van der Waals surface area contributed by atoms with Crippen molar-refractivity contribution in [3.63, 3.8) is 0 Å². The van der Waals surface area contributed by atoms with Crippen LogP contribution in [0.4, 0.5) is 5.69 Å². The van der Waals surface area contributed by atoms with Crippen LogP contribution in [0.15, 0.2) is 18.2 Å². The molecular formula is C13H18N2O. The third-order valence-corrected chi connectivity index (χ3v) is 2.58. The molecular weight excluding hydrogens is 200 g/mol. The SMILES string of the molecule is CCN(CCCO)c1cc(C)ccc1C#N. The van der Waals surface area contributed by atoms with Crippen LogP contribution in [0.3, 0.4) is 0 Å². The number of benzene rings is 1. The first kappa shape index (κ1) is 12.5. The van der Waals surface area contributed by atoms with Gasteiger partial charge in [-0.3, -0.25) is 0 Å². The molecule has 16 heavy (non-hydrogen) atoms. The predicted octanol–water partition coefficient (Wildman–Crippen LogP) is 2.08. The van der Waals surface area contributed by atoms with Crippen molar-refractivity contribution in [1.82, 2.24) is 0 Å². The van der Waals surface area contributed by atoms with Gasteiger partial charge in [0, 0.05) is 19.7 Å². The Morgan fingerprint density at radius 2 is 2.19 bits per heavy atom. The van der Waals surface area contributed by atoms with E-state index in [1.807, 2.05) is 25.1 Å². The van der Waals surface area contributed by atoms with E-state index in [1.54, 1.807) is 0 Å². The van der Waals surface area contributed by atoms with Gasteiger partial charge in [-0.2, -0.15) is 5.26 Å². The molecule has 0 saturated heterocycles. The van der Waals surface area contributed by atoms with Crippen LogP contribution in [0, 0.1) is 18.3 Å². The molecule has 86 valence electrons. The Balaban J connectivity index is 2.98. The second-order valence-corrected chi connectivity index (χ2v) is 3.79. The van der Waals surface area contributed by atoms with Gasteiger partial charge >= 0.3 is 0 Å². The van der Waals surface area contributed by atoms with Crippen molar-refractivity contribution in [1.29, 1.82) is 5.26 Å². The molecule has 0 unspecified atom stereocenters. The van der Waals surface area contributed by atoms with Crippen LogP contribution in [0.5, 0.6) is 0 Å². The summed E-state index contributed by atoms with van der Waals surface area (Å²) in [5.74, 6) is 0. The van der Waals surface area contributed by atoms with Gasteiger partial charge in [-0.1, -0.05) is 6.07 Å². The summed E-state index contributed by atoms with van der Waals surface area (Å²) >= 11 is 0. The number of hydrogen-bond donors (Lipinski definition) is 1. The Morgan fingerprint density at radius 3 is 2.75 bits per heavy atom. The zero-order chi connectivity index (χ0) is 12.0. The fourth-order valence-electron chi connectivity index (χ4n) is 1.71. The van der Waals surface area contributed by atoms with E-state index in [-0.39, 0.29) is 6.61 Å². The van der Waals surface area contributed by atoms with Gasteiger partial charge in [0.2, 0.25) is 0 Å². The van der Waals surface area contributed by atoms with Crippen LogP contribution >= 0.6 is 0 Å². The van der Waals surface area contributed by atoms with E-state index in [0.29, 0.717) is 5.56 Å². The number of aliphatic hydroxyl groups excluding tert-OH is 1. The Hall–Kier alpha value is -1.53. The Labute approximate surface area is 96.9 Å². The van der Waals surface area contributed by atoms with Gasteiger partial charge in [0.05, 0.1) is 11.3 Å². The highest BCUT2D eigenvalue weighted by molar-refractivity contribution is 5.60. The van der Waals surface area contributed by atoms with E-state index in [0.717, 1.165) is 30.8 Å². The van der Waals surface area contributed by atoms with Crippen molar-refractivity contribution in [3.8, 4) is 6.07 Å². The summed E-state index contributed by atoms with van der Waals surface area (Å²) in [6.07, 6.45) is 0.729. The molecule has 1 rings (SSSR count). The van der Waals surface area contributed by atoms with Crippen molar-refractivity contribution in [2.24, 2.45) is 0 Å². The summed E-state index contributed by atoms with van der Waals surface area (Å²) in [5.41, 5.74) is 2.82. The molecule has 1 aromatic rings. The van der Waals surface area contributed by atoms with Crippen LogP contribution < -0.4 is 4.90 Å². The summed E-state index contributed by atoms with van der Waals surface area (Å²) in [5, 5.41) is 17.9. The fourth-order valence-corrected chi connectivity index (χ4v) is 1.71. The number of hydrogen-bond acceptors (Lipinski definition) is 3. The van der Waals surface area contributed by atoms with Gasteiger partial charge < -0.3 is 10.0 Å². The minimum absolute atomic E-state index is 0.185. The highest BCUT2D eigenvalue weighted by Gasteiger charge is 2.09. The fraction of sp³-hybridized carbons (Fsp3) is 0.462. The second-order valence-electron chi connectivity index (χ2n) is 3.79. The lowest BCUT2D eigenvalue weighted by molar-refractivity contribution is 0.289. The Kier molecular flexibility index (Phi) is 4.81. The summed E-state index contributed by atoms with van der Waals surface area (Å²) in [4.78, 5) is 2.13. The largest absolute Gasteiger partial charge is 0.396 e. The van der Waals surface area contributed by atoms with Gasteiger partial charge in [-0.05, 0) is 38.0 Å². The minimum atomic E-state index is 0.185. The molecule has 0 saturated carbocycles. The maximum atomic E-state index is 9.05. The maximum Gasteiger partial charge on any atom is 0.101 e. The molecule has 0 aliphatic heterocycles. The molecule has 1 N–H and O–H groups in total. The number of rotatable bonds is 5. The lowest BCUT2D eigenvalue weighted by atomic mass is 10.1. The molecule has 0 spiro atoms. The van der Waals surface area contributed by atoms with Crippen LogP contribution in [-0.4, -0.2) is 24.8 Å². The van der Waals surface area contributed by atoms with Crippen molar-refractivity contribution < 1.29 is 5.11 Å². The zero-order valence-corrected chi connectivity index (χ0v) is 9.90. The third kappa shape index (κ3) is 2.98. The smallest absolute Gasteiger partial charge is 0.101 e. The van der Waals surface area contributed by atoms with Crippen molar-refractivity contribution in [2.75, 3.05) is 24.6 Å². The molecule has 3 nitrogen and oxygen atoms in total. The lowest BCUT2D eigenvalue weighted by Crippen LogP contribution is -2.25. The van der Waals surface area contributed by atoms with E-state index in [4.69, 9.17) is 10.4 Å². The van der Waals surface area contributed by atoms with Gasteiger partial charge in [0.25, 0.3) is 0 Å². The normalized spacial score (nSPS) is 9.88. The molecule has 1 aromatic carbocycles. The molecule has 0 radical (unpaired) electrons. The number of aliphatic hydroxyl groups is 1. The Bertz CT molecular complexity index is 382. The summed E-state index contributed by atoms with van der Waals surface area (Å²) in [7, 11) is 0. The highest BCUT2D eigenvalue weighted by Crippen LogP contribution is 2.21. The van der Waals surface area contributed by atoms with Crippen molar-refractivity contribution in [2.45, 2.75) is 20.3 Å². The standard InChI is InChI=1S/C13H18N2O/c1-3-15(7-4-8-16)13-9-11(2)5-6-12(13)10-14/h5-6,9,16H,3-4,7-8H2,1-2H3. The van der Waals surface area contributed by atoms with Gasteiger partial charge in [0.1, 0.15) is 6.07 Å². The van der Waals surface area contributed by atoms with Crippen LogP contribution in [0.25, 0.3) is 0 Å². The topological polar surface area (TPSA) is 47.3 Å². The summed E-state index contributed by atoms with van der Waals surface area (Å²) < 4.78 is 0. The molecule has 0 atom stereocenters. The lowest BCUT2D eigenvalue weighted by Gasteiger charge is -2.24. The van der Waals surface area contributed by atoms with Crippen LogP contribution in [-0.2, 0) is 0 Å². The number of anilines is 1. The Morgan fingerprint density at radius 1 is 1.44 bits per heavy atom. The average Bonchev–Trinajstić information content (AvgIpc) is 2.30. The molecule has 0 heterocycles. The first-order valence-electron chi connectivity index (χ1n) is 5.59. The molecule has 0 aliphatic carbocycles. The number of aryl methyl sites for hydroxylation is 1. The van der Waals surface area contributed by atoms with Gasteiger partial charge in [-0.25, -0.2) is 0 Å². The molecule has 0 bridgehead atoms. The predicted molar refractivity (Wildman–Crippen MR) is 65.5 cm³/mol. The van der Waals surface area contributed by atoms with E-state index < -0.39 is 0 Å². The third-order valence-electron chi connectivity index (χ3n) is 2.58. The van der Waals surface area contributed by atoms with E-state index >= 15 is 0 Å². The number of nitrogens with zero attached hydrogens (tertiary/aromatic N) is 2. The van der Waals surface area contributed by atoms with Gasteiger partial charge in [0.15, 0.2) is 0 Å². The second kappa shape index (κ2) is 6.14. The van der Waals surface area contributed by atoms with E-state index in [9.17, 15) is 0 Å². The monoisotopic (exact) mass is 218 g/mol. The first-order valence-corrected chi connectivity index (χ1v) is 5.59. The molecule has 3 heteroatoms. The molecule has 0 fully saturated rings. The summed E-state index contributed by atoms with van der Waals surface area (Å²) in [6.45, 7) is 5.89. The zero-order valence-electron chi connectivity index (χ0n) is 9.90. The van der Waals surface area contributed by atoms with Crippen LogP contribution in [0.2, 0.25) is 0 Å². The van der Waals surface area contributed by atoms with Crippen molar-refractivity contribution >= 4 is 5.69 Å². The molecule has 0 aromatic heterocycles. The summed E-state index contributed by atoms with van der Waals surface area (Å²) in [6, 6.07) is 8.04. The highest BCUT2D eigenvalue weighted by atomic mass is 16.3. The molecule has 0 aliphatic rings. The molecule has 0 amide bonds. The average molecular weight is 218 g/mol. The minimum Gasteiger partial charge on any atom is -0.396 e. The first-order chi connectivity index (χ1) is 7.72. The van der Waals surface area contributed by atoms with Crippen molar-refractivity contribution in [3.05, 3.63) is 29.3 Å². The van der Waals surface area contributed by atoms with Crippen LogP contribution in [0.1, 0.15) is 24.5 Å². The van der Waals surface area contributed by atoms with Gasteiger partial charge in [-0.15, -0.1) is 0 Å². The van der Waals surface area contributed by atoms with E-state index in [1.165, 1.54) is 0 Å². The maximum absolute atomic E-state index is 9.05.